The second-order valence-electron chi connectivity index (χ2n) is 8.57. The number of fused-ring (bicyclic) bond motifs is 1. The van der Waals surface area contributed by atoms with Gasteiger partial charge < -0.3 is 10.2 Å². The average Bonchev–Trinajstić information content (AvgIpc) is 3.33. The third-order valence-electron chi connectivity index (χ3n) is 5.93. The lowest BCUT2D eigenvalue weighted by molar-refractivity contribution is 0.102. The number of nitrogens with zero attached hydrogens (tertiary/aromatic N) is 4. The number of halogens is 1. The minimum absolute atomic E-state index is 0.149. The first-order valence-electron chi connectivity index (χ1n) is 11.3. The Kier molecular flexibility index (Phi) is 6.46. The fourth-order valence-electron chi connectivity index (χ4n) is 4.37. The molecular weight excluding hydrogens is 500 g/mol. The van der Waals surface area contributed by atoms with Gasteiger partial charge in [-0.2, -0.15) is 0 Å². The Morgan fingerprint density at radius 1 is 1.08 bits per heavy atom. The molecule has 1 saturated heterocycles. The van der Waals surface area contributed by atoms with Crippen molar-refractivity contribution in [3.05, 3.63) is 83.1 Å². The molecular formula is C25H23ClN6O3S. The average molecular weight is 523 g/mol. The van der Waals surface area contributed by atoms with E-state index in [9.17, 15) is 13.2 Å². The molecule has 11 heteroatoms. The summed E-state index contributed by atoms with van der Waals surface area (Å²) in [4.78, 5) is 28.5. The van der Waals surface area contributed by atoms with Crippen molar-refractivity contribution in [2.24, 2.45) is 0 Å². The summed E-state index contributed by atoms with van der Waals surface area (Å²) in [5.74, 6) is 0.668. The summed E-state index contributed by atoms with van der Waals surface area (Å²) in [5, 5.41) is 3.51. The van der Waals surface area contributed by atoms with E-state index in [0.29, 0.717) is 33.1 Å². The standard InChI is InChI=1S/C25H23ClN6O3S/c1-36(34,35)31-19-9-7-16(8-10-19)25(33)30-24-23-20(27-15-28-24)11-12-22(29-23)32-13-3-6-21(32)17-4-2-5-18(26)14-17/h2,4-5,7-12,14-15,21,31H,3,6,13H2,1H3,(H,27,28,30,33). The fourth-order valence-corrected chi connectivity index (χ4v) is 5.13. The van der Waals surface area contributed by atoms with Crippen LogP contribution >= 0.6 is 11.6 Å². The zero-order valence-corrected chi connectivity index (χ0v) is 20.9. The lowest BCUT2D eigenvalue weighted by atomic mass is 10.0. The number of rotatable bonds is 6. The minimum atomic E-state index is -3.40. The molecule has 0 radical (unpaired) electrons. The molecule has 0 spiro atoms. The first-order valence-corrected chi connectivity index (χ1v) is 13.6. The zero-order chi connectivity index (χ0) is 25.3. The van der Waals surface area contributed by atoms with Crippen LogP contribution in [0.1, 0.15) is 34.8 Å². The molecule has 0 aliphatic carbocycles. The van der Waals surface area contributed by atoms with Gasteiger partial charge in [0.05, 0.1) is 17.8 Å². The molecule has 4 aromatic rings. The van der Waals surface area contributed by atoms with E-state index >= 15 is 0 Å². The molecule has 2 aromatic heterocycles. The molecule has 1 atom stereocenters. The number of carbonyl (C=O) groups excluding carboxylic acids is 1. The number of hydrogen-bond donors (Lipinski definition) is 2. The molecule has 3 heterocycles. The molecule has 1 aliphatic heterocycles. The van der Waals surface area contributed by atoms with Crippen molar-refractivity contribution in [3.63, 3.8) is 0 Å². The highest BCUT2D eigenvalue weighted by atomic mass is 35.5. The number of benzene rings is 2. The summed E-state index contributed by atoms with van der Waals surface area (Å²) in [6.45, 7) is 0.846. The maximum Gasteiger partial charge on any atom is 0.256 e. The summed E-state index contributed by atoms with van der Waals surface area (Å²) in [5.41, 5.74) is 2.93. The van der Waals surface area contributed by atoms with Gasteiger partial charge in [0.15, 0.2) is 5.82 Å². The molecule has 9 nitrogen and oxygen atoms in total. The first-order chi connectivity index (χ1) is 17.3. The smallest absolute Gasteiger partial charge is 0.256 e. The second kappa shape index (κ2) is 9.71. The van der Waals surface area contributed by atoms with Crippen LogP contribution in [0.25, 0.3) is 11.0 Å². The molecule has 1 unspecified atom stereocenters. The molecule has 1 amide bonds. The largest absolute Gasteiger partial charge is 0.350 e. The summed E-state index contributed by atoms with van der Waals surface area (Å²) in [6.07, 6.45) is 4.45. The van der Waals surface area contributed by atoms with Gasteiger partial charge in [0.1, 0.15) is 17.7 Å². The van der Waals surface area contributed by atoms with Crippen molar-refractivity contribution in [3.8, 4) is 0 Å². The maximum atomic E-state index is 12.9. The van der Waals surface area contributed by atoms with Crippen LogP contribution in [-0.2, 0) is 10.0 Å². The predicted molar refractivity (Wildman–Crippen MR) is 141 cm³/mol. The van der Waals surface area contributed by atoms with E-state index in [0.717, 1.165) is 37.0 Å². The van der Waals surface area contributed by atoms with Crippen LogP contribution in [0.2, 0.25) is 5.02 Å². The highest BCUT2D eigenvalue weighted by Gasteiger charge is 2.27. The monoisotopic (exact) mass is 522 g/mol. The first kappa shape index (κ1) is 24.0. The van der Waals surface area contributed by atoms with Crippen molar-refractivity contribution in [2.45, 2.75) is 18.9 Å². The normalized spacial score (nSPS) is 15.7. The number of sulfonamides is 1. The Morgan fingerprint density at radius 3 is 2.64 bits per heavy atom. The number of pyridine rings is 1. The number of hydrogen-bond acceptors (Lipinski definition) is 7. The van der Waals surface area contributed by atoms with Crippen molar-refractivity contribution >= 4 is 55.9 Å². The van der Waals surface area contributed by atoms with Gasteiger partial charge in [-0.05, 0) is 66.9 Å². The van der Waals surface area contributed by atoms with Gasteiger partial charge in [0.25, 0.3) is 5.91 Å². The van der Waals surface area contributed by atoms with Crippen molar-refractivity contribution in [1.82, 2.24) is 15.0 Å². The second-order valence-corrected chi connectivity index (χ2v) is 10.8. The number of amides is 1. The van der Waals surface area contributed by atoms with Crippen LogP contribution < -0.4 is 14.9 Å². The van der Waals surface area contributed by atoms with E-state index in [1.807, 2.05) is 30.3 Å². The highest BCUT2D eigenvalue weighted by Crippen LogP contribution is 2.37. The Labute approximate surface area is 213 Å². The quantitative estimate of drug-likeness (QED) is 0.378. The number of nitrogens with one attached hydrogen (secondary N) is 2. The summed E-state index contributed by atoms with van der Waals surface area (Å²) < 4.78 is 25.2. The van der Waals surface area contributed by atoms with Crippen molar-refractivity contribution in [1.29, 1.82) is 0 Å². The van der Waals surface area contributed by atoms with Crippen LogP contribution in [-0.4, -0.2) is 42.1 Å². The molecule has 1 aliphatic rings. The van der Waals surface area contributed by atoms with Crippen LogP contribution in [0.15, 0.2) is 67.0 Å². The topological polar surface area (TPSA) is 117 Å². The van der Waals surface area contributed by atoms with Crippen LogP contribution in [0, 0.1) is 0 Å². The van der Waals surface area contributed by atoms with E-state index < -0.39 is 15.9 Å². The summed E-state index contributed by atoms with van der Waals surface area (Å²) in [6, 6.07) is 17.9. The zero-order valence-electron chi connectivity index (χ0n) is 19.3. The molecule has 1 fully saturated rings. The molecule has 36 heavy (non-hydrogen) atoms. The fraction of sp³-hybridized carbons (Fsp3) is 0.200. The Balaban J connectivity index is 1.41. The van der Waals surface area contributed by atoms with Crippen LogP contribution in [0.5, 0.6) is 0 Å². The van der Waals surface area contributed by atoms with Gasteiger partial charge in [0, 0.05) is 22.8 Å². The Hall–Kier alpha value is -3.76. The van der Waals surface area contributed by atoms with Crippen LogP contribution in [0.3, 0.4) is 0 Å². The third kappa shape index (κ3) is 5.24. The molecule has 2 aromatic carbocycles. The van der Waals surface area contributed by atoms with E-state index in [2.05, 4.69) is 31.0 Å². The summed E-state index contributed by atoms with van der Waals surface area (Å²) >= 11 is 6.23. The van der Waals surface area contributed by atoms with Crippen LogP contribution in [0.4, 0.5) is 17.3 Å². The van der Waals surface area contributed by atoms with Gasteiger partial charge in [-0.1, -0.05) is 23.7 Å². The lowest BCUT2D eigenvalue weighted by Crippen LogP contribution is -2.23. The van der Waals surface area contributed by atoms with E-state index in [1.54, 1.807) is 0 Å². The summed E-state index contributed by atoms with van der Waals surface area (Å²) in [7, 11) is -3.40. The van der Waals surface area contributed by atoms with Gasteiger partial charge >= 0.3 is 0 Å². The maximum absolute atomic E-state index is 12.9. The van der Waals surface area contributed by atoms with Gasteiger partial charge in [0.2, 0.25) is 10.0 Å². The highest BCUT2D eigenvalue weighted by molar-refractivity contribution is 7.92. The molecule has 0 bridgehead atoms. The van der Waals surface area contributed by atoms with Crippen molar-refractivity contribution < 1.29 is 13.2 Å². The Morgan fingerprint density at radius 2 is 1.89 bits per heavy atom. The van der Waals surface area contributed by atoms with Gasteiger partial charge in [-0.25, -0.2) is 23.4 Å². The number of carbonyl (C=O) groups is 1. The molecule has 184 valence electrons. The van der Waals surface area contributed by atoms with Gasteiger partial charge in [-0.3, -0.25) is 9.52 Å². The number of aromatic nitrogens is 3. The SMILES string of the molecule is CS(=O)(=O)Nc1ccc(C(=O)Nc2ncnc3ccc(N4CCCC4c4cccc(Cl)c4)nc23)cc1. The van der Waals surface area contributed by atoms with Crippen molar-refractivity contribution in [2.75, 3.05) is 27.7 Å². The lowest BCUT2D eigenvalue weighted by Gasteiger charge is -2.26. The number of anilines is 3. The van der Waals surface area contributed by atoms with E-state index in [1.165, 1.54) is 30.6 Å². The van der Waals surface area contributed by atoms with E-state index in [4.69, 9.17) is 16.6 Å². The molecule has 0 saturated carbocycles. The molecule has 5 rings (SSSR count). The Bertz CT molecular complexity index is 1550. The van der Waals surface area contributed by atoms with E-state index in [-0.39, 0.29) is 6.04 Å². The molecule has 2 N–H and O–H groups in total. The van der Waals surface area contributed by atoms with Gasteiger partial charge in [-0.15, -0.1) is 0 Å². The minimum Gasteiger partial charge on any atom is -0.350 e. The predicted octanol–water partition coefficient (Wildman–Crippen LogP) is 4.64. The third-order valence-corrected chi connectivity index (χ3v) is 6.77.